The SMILES string of the molecule is CCCc1nnc(SCC(=O)Nc2oc(-c3ccccc3)c(-c3ccccc3)c2C#N)o1. The van der Waals surface area contributed by atoms with Gasteiger partial charge in [0.15, 0.2) is 0 Å². The van der Waals surface area contributed by atoms with Crippen molar-refractivity contribution in [3.8, 4) is 28.5 Å². The minimum Gasteiger partial charge on any atom is -0.438 e. The van der Waals surface area contributed by atoms with E-state index in [0.29, 0.717) is 28.9 Å². The second-order valence-electron chi connectivity index (χ2n) is 6.90. The minimum atomic E-state index is -0.338. The predicted molar refractivity (Wildman–Crippen MR) is 122 cm³/mol. The van der Waals surface area contributed by atoms with Crippen LogP contribution in [0.2, 0.25) is 0 Å². The zero-order valence-corrected chi connectivity index (χ0v) is 18.2. The van der Waals surface area contributed by atoms with Gasteiger partial charge >= 0.3 is 0 Å². The van der Waals surface area contributed by atoms with Gasteiger partial charge in [-0.15, -0.1) is 10.2 Å². The van der Waals surface area contributed by atoms with E-state index in [1.165, 1.54) is 0 Å². The first-order valence-corrected chi connectivity index (χ1v) is 11.1. The van der Waals surface area contributed by atoms with Crippen molar-refractivity contribution in [3.05, 3.63) is 72.1 Å². The van der Waals surface area contributed by atoms with Crippen molar-refractivity contribution in [3.63, 3.8) is 0 Å². The molecule has 160 valence electrons. The molecule has 32 heavy (non-hydrogen) atoms. The van der Waals surface area contributed by atoms with Crippen LogP contribution in [0.3, 0.4) is 0 Å². The summed E-state index contributed by atoms with van der Waals surface area (Å²) >= 11 is 1.13. The van der Waals surface area contributed by atoms with Gasteiger partial charge in [-0.2, -0.15) is 5.26 Å². The molecule has 2 heterocycles. The molecule has 0 unspecified atom stereocenters. The van der Waals surface area contributed by atoms with Crippen molar-refractivity contribution in [1.82, 2.24) is 10.2 Å². The number of benzene rings is 2. The first-order valence-electron chi connectivity index (χ1n) is 10.1. The van der Waals surface area contributed by atoms with E-state index in [0.717, 1.165) is 29.3 Å². The van der Waals surface area contributed by atoms with E-state index in [2.05, 4.69) is 21.6 Å². The molecule has 7 nitrogen and oxygen atoms in total. The number of hydrogen-bond donors (Lipinski definition) is 1. The molecule has 0 aliphatic carbocycles. The maximum Gasteiger partial charge on any atom is 0.277 e. The molecule has 2 aromatic heterocycles. The third-order valence-corrected chi connectivity index (χ3v) is 5.43. The summed E-state index contributed by atoms with van der Waals surface area (Å²) in [4.78, 5) is 12.6. The van der Waals surface area contributed by atoms with Crippen molar-refractivity contribution in [1.29, 1.82) is 5.26 Å². The molecule has 0 saturated heterocycles. The molecule has 2 aromatic carbocycles. The summed E-state index contributed by atoms with van der Waals surface area (Å²) in [5.74, 6) is 0.897. The number of anilines is 1. The van der Waals surface area contributed by atoms with E-state index < -0.39 is 0 Å². The lowest BCUT2D eigenvalue weighted by atomic mass is 9.98. The molecular formula is C24H20N4O3S. The molecule has 0 fully saturated rings. The zero-order chi connectivity index (χ0) is 22.3. The van der Waals surface area contributed by atoms with Crippen molar-refractivity contribution in [2.45, 2.75) is 25.0 Å². The second kappa shape index (κ2) is 9.98. The molecule has 0 saturated carbocycles. The van der Waals surface area contributed by atoms with Crippen LogP contribution in [0, 0.1) is 11.3 Å². The highest BCUT2D eigenvalue weighted by Gasteiger charge is 2.24. The van der Waals surface area contributed by atoms with Gasteiger partial charge in [-0.1, -0.05) is 79.3 Å². The molecule has 0 radical (unpaired) electrons. The summed E-state index contributed by atoms with van der Waals surface area (Å²) < 4.78 is 11.5. The summed E-state index contributed by atoms with van der Waals surface area (Å²) in [6.07, 6.45) is 1.60. The molecule has 1 amide bonds. The van der Waals surface area contributed by atoms with Crippen molar-refractivity contribution >= 4 is 23.6 Å². The van der Waals surface area contributed by atoms with Crippen LogP contribution in [0.1, 0.15) is 24.8 Å². The van der Waals surface area contributed by atoms with Gasteiger partial charge in [-0.25, -0.2) is 0 Å². The average molecular weight is 445 g/mol. The number of carbonyl (C=O) groups excluding carboxylic acids is 1. The van der Waals surface area contributed by atoms with Gasteiger partial charge in [0.1, 0.15) is 17.4 Å². The maximum atomic E-state index is 12.6. The Morgan fingerprint density at radius 1 is 1.03 bits per heavy atom. The van der Waals surface area contributed by atoms with Crippen LogP contribution < -0.4 is 5.32 Å². The number of aromatic nitrogens is 2. The number of amides is 1. The summed E-state index contributed by atoms with van der Waals surface area (Å²) in [7, 11) is 0. The molecule has 4 rings (SSSR count). The largest absolute Gasteiger partial charge is 0.438 e. The van der Waals surface area contributed by atoms with Crippen molar-refractivity contribution in [2.24, 2.45) is 0 Å². The standard InChI is InChI=1S/C24H20N4O3S/c1-2-9-20-27-28-24(30-20)32-15-19(29)26-23-18(14-25)21(16-10-5-3-6-11-16)22(31-23)17-12-7-4-8-13-17/h3-8,10-13H,2,9,15H2,1H3,(H,26,29). The van der Waals surface area contributed by atoms with E-state index in [9.17, 15) is 10.1 Å². The fraction of sp³-hybridized carbons (Fsp3) is 0.167. The second-order valence-corrected chi connectivity index (χ2v) is 7.83. The summed E-state index contributed by atoms with van der Waals surface area (Å²) in [6.45, 7) is 2.02. The molecule has 0 aliphatic heterocycles. The lowest BCUT2D eigenvalue weighted by Crippen LogP contribution is -2.14. The first-order chi connectivity index (χ1) is 15.7. The first kappa shape index (κ1) is 21.4. The molecule has 0 spiro atoms. The number of rotatable bonds is 8. The molecule has 1 N–H and O–H groups in total. The molecule has 0 bridgehead atoms. The molecule has 0 atom stereocenters. The van der Waals surface area contributed by atoms with Gasteiger partial charge in [0.25, 0.3) is 5.22 Å². The lowest BCUT2D eigenvalue weighted by molar-refractivity contribution is -0.113. The van der Waals surface area contributed by atoms with Crippen molar-refractivity contribution < 1.29 is 13.6 Å². The van der Waals surface area contributed by atoms with E-state index in [1.807, 2.05) is 67.6 Å². The van der Waals surface area contributed by atoms with Gasteiger partial charge in [0.2, 0.25) is 17.7 Å². The number of nitrogens with zero attached hydrogens (tertiary/aromatic N) is 3. The number of aryl methyl sites for hydroxylation is 1. The van der Waals surface area contributed by atoms with Crippen LogP contribution in [-0.2, 0) is 11.2 Å². The smallest absolute Gasteiger partial charge is 0.277 e. The number of nitrogens with one attached hydrogen (secondary N) is 1. The third kappa shape index (κ3) is 4.74. The van der Waals surface area contributed by atoms with Crippen LogP contribution in [0.5, 0.6) is 0 Å². The molecule has 4 aromatic rings. The predicted octanol–water partition coefficient (Wildman–Crippen LogP) is 5.55. The molecule has 0 aliphatic rings. The maximum absolute atomic E-state index is 12.6. The number of hydrogen-bond acceptors (Lipinski definition) is 7. The Kier molecular flexibility index (Phi) is 6.68. The normalized spacial score (nSPS) is 10.6. The van der Waals surface area contributed by atoms with E-state index in [4.69, 9.17) is 8.83 Å². The van der Waals surface area contributed by atoms with E-state index in [1.54, 1.807) is 0 Å². The molecular weight excluding hydrogens is 424 g/mol. The Labute approximate surface area is 189 Å². The van der Waals surface area contributed by atoms with Gasteiger partial charge in [0.05, 0.1) is 5.75 Å². The summed E-state index contributed by atoms with van der Waals surface area (Å²) in [5.41, 5.74) is 2.56. The van der Waals surface area contributed by atoms with Crippen LogP contribution >= 0.6 is 11.8 Å². The quantitative estimate of drug-likeness (QED) is 0.355. The van der Waals surface area contributed by atoms with Crippen LogP contribution in [0.4, 0.5) is 5.88 Å². The topological polar surface area (TPSA) is 105 Å². The Hall–Kier alpha value is -3.83. The van der Waals surface area contributed by atoms with Gasteiger partial charge in [0, 0.05) is 17.5 Å². The number of furan rings is 1. The van der Waals surface area contributed by atoms with E-state index >= 15 is 0 Å². The Balaban J connectivity index is 1.60. The fourth-order valence-corrected chi connectivity index (χ4v) is 3.78. The summed E-state index contributed by atoms with van der Waals surface area (Å²) in [5, 5.41) is 20.8. The third-order valence-electron chi connectivity index (χ3n) is 4.61. The van der Waals surface area contributed by atoms with Crippen LogP contribution in [-0.4, -0.2) is 21.9 Å². The highest BCUT2D eigenvalue weighted by atomic mass is 32.2. The highest BCUT2D eigenvalue weighted by Crippen LogP contribution is 2.41. The lowest BCUT2D eigenvalue weighted by Gasteiger charge is -2.03. The molecule has 8 heteroatoms. The highest BCUT2D eigenvalue weighted by molar-refractivity contribution is 7.99. The number of thioether (sulfide) groups is 1. The van der Waals surface area contributed by atoms with Gasteiger partial charge in [-0.05, 0) is 12.0 Å². The zero-order valence-electron chi connectivity index (χ0n) is 17.4. The minimum absolute atomic E-state index is 0.0423. The Morgan fingerprint density at radius 2 is 1.72 bits per heavy atom. The monoisotopic (exact) mass is 444 g/mol. The van der Waals surface area contributed by atoms with Crippen LogP contribution in [0.15, 0.2) is 74.7 Å². The van der Waals surface area contributed by atoms with E-state index in [-0.39, 0.29) is 23.1 Å². The number of nitriles is 1. The Bertz CT molecular complexity index is 1240. The fourth-order valence-electron chi connectivity index (χ4n) is 3.20. The van der Waals surface area contributed by atoms with Crippen molar-refractivity contribution in [2.75, 3.05) is 11.1 Å². The van der Waals surface area contributed by atoms with Crippen LogP contribution in [0.25, 0.3) is 22.5 Å². The number of carbonyl (C=O) groups is 1. The van der Waals surface area contributed by atoms with Gasteiger partial charge in [-0.3, -0.25) is 10.1 Å². The Morgan fingerprint density at radius 3 is 2.38 bits per heavy atom. The summed E-state index contributed by atoms with van der Waals surface area (Å²) in [6, 6.07) is 21.2. The average Bonchev–Trinajstić information content (AvgIpc) is 3.43. The van der Waals surface area contributed by atoms with Gasteiger partial charge < -0.3 is 8.83 Å².